The second-order valence-corrected chi connectivity index (χ2v) is 7.86. The first-order valence-corrected chi connectivity index (χ1v) is 9.76. The van der Waals surface area contributed by atoms with Crippen molar-refractivity contribution in [3.8, 4) is 5.75 Å². The number of hydrogen-bond donors (Lipinski definition) is 0. The Balaban J connectivity index is 2.35. The molecule has 0 bridgehead atoms. The zero-order chi connectivity index (χ0) is 18.6. The molecule has 0 aliphatic rings. The lowest BCUT2D eigenvalue weighted by atomic mass is 10.2. The van der Waals surface area contributed by atoms with Crippen molar-refractivity contribution >= 4 is 39.2 Å². The van der Waals surface area contributed by atoms with Gasteiger partial charge in [-0.1, -0.05) is 37.0 Å². The normalized spacial score (nSPS) is 11.6. The van der Waals surface area contributed by atoms with Crippen LogP contribution < -0.4 is 4.74 Å². The molecule has 0 amide bonds. The predicted molar refractivity (Wildman–Crippen MR) is 98.0 cm³/mol. The Kier molecular flexibility index (Phi) is 6.46. The number of sulfonamides is 1. The molecule has 134 valence electrons. The number of halogens is 2. The molecule has 0 aliphatic carbocycles. The van der Waals surface area contributed by atoms with Gasteiger partial charge in [-0.05, 0) is 42.5 Å². The first kappa shape index (κ1) is 19.7. The summed E-state index contributed by atoms with van der Waals surface area (Å²) < 4.78 is 31.7. The summed E-state index contributed by atoms with van der Waals surface area (Å²) in [7, 11) is -3.70. The van der Waals surface area contributed by atoms with Gasteiger partial charge in [-0.15, -0.1) is 0 Å². The minimum absolute atomic E-state index is 0.0105. The molecule has 0 saturated carbocycles. The molecule has 0 aliphatic heterocycles. The Morgan fingerprint density at radius 1 is 1.04 bits per heavy atom. The van der Waals surface area contributed by atoms with Crippen molar-refractivity contribution in [1.82, 2.24) is 4.31 Å². The van der Waals surface area contributed by atoms with Gasteiger partial charge in [0, 0.05) is 18.1 Å². The van der Waals surface area contributed by atoms with Crippen LogP contribution in [0.25, 0.3) is 0 Å². The largest absolute Gasteiger partial charge is 0.423 e. The van der Waals surface area contributed by atoms with Crippen molar-refractivity contribution in [2.75, 3.05) is 13.1 Å². The van der Waals surface area contributed by atoms with E-state index in [9.17, 15) is 13.2 Å². The van der Waals surface area contributed by atoms with Crippen molar-refractivity contribution in [2.45, 2.75) is 18.7 Å². The number of ether oxygens (including phenoxy) is 1. The average molecular weight is 402 g/mol. The van der Waals surface area contributed by atoms with Crippen LogP contribution in [0, 0.1) is 0 Å². The molecular formula is C17H17Cl2NO4S. The summed E-state index contributed by atoms with van der Waals surface area (Å²) in [6, 6.07) is 10.2. The molecule has 8 heteroatoms. The predicted octanol–water partition coefficient (Wildman–Crippen LogP) is 4.24. The van der Waals surface area contributed by atoms with Crippen LogP contribution in [0.2, 0.25) is 10.0 Å². The Bertz CT molecular complexity index is 863. The Morgan fingerprint density at radius 2 is 1.64 bits per heavy atom. The van der Waals surface area contributed by atoms with Gasteiger partial charge in [0.25, 0.3) is 0 Å². The molecule has 0 saturated heterocycles. The van der Waals surface area contributed by atoms with Crippen LogP contribution in [0.1, 0.15) is 24.2 Å². The van der Waals surface area contributed by atoms with Crippen LogP contribution >= 0.6 is 23.2 Å². The topological polar surface area (TPSA) is 63.7 Å². The molecule has 0 N–H and O–H groups in total. The molecule has 0 heterocycles. The van der Waals surface area contributed by atoms with Gasteiger partial charge >= 0.3 is 5.97 Å². The summed E-state index contributed by atoms with van der Waals surface area (Å²) in [4.78, 5) is 12.3. The van der Waals surface area contributed by atoms with Gasteiger partial charge in [-0.2, -0.15) is 4.31 Å². The highest BCUT2D eigenvalue weighted by atomic mass is 35.5. The minimum Gasteiger partial charge on any atom is -0.423 e. The number of benzene rings is 2. The molecule has 0 unspecified atom stereocenters. The van der Waals surface area contributed by atoms with Crippen LogP contribution in [-0.4, -0.2) is 31.8 Å². The lowest BCUT2D eigenvalue weighted by molar-refractivity contribution is 0.0734. The van der Waals surface area contributed by atoms with Crippen LogP contribution in [0.15, 0.2) is 47.4 Å². The fourth-order valence-electron chi connectivity index (χ4n) is 2.20. The SMILES string of the molecule is CCN(CC)S(=O)(=O)c1ccc(Cl)c(C(=O)Oc2ccc(Cl)cc2)c1. The number of esters is 1. The van der Waals surface area contributed by atoms with Crippen LogP contribution in [0.3, 0.4) is 0 Å². The number of carbonyl (C=O) groups is 1. The molecule has 0 radical (unpaired) electrons. The fourth-order valence-corrected chi connectivity index (χ4v) is 4.00. The van der Waals surface area contributed by atoms with Gasteiger partial charge in [0.15, 0.2) is 0 Å². The van der Waals surface area contributed by atoms with Crippen molar-refractivity contribution < 1.29 is 17.9 Å². The summed E-state index contributed by atoms with van der Waals surface area (Å²) >= 11 is 11.8. The summed E-state index contributed by atoms with van der Waals surface area (Å²) in [6.07, 6.45) is 0. The second kappa shape index (κ2) is 8.19. The zero-order valence-corrected chi connectivity index (χ0v) is 16.0. The van der Waals surface area contributed by atoms with E-state index in [4.69, 9.17) is 27.9 Å². The first-order chi connectivity index (χ1) is 11.8. The van der Waals surface area contributed by atoms with Gasteiger partial charge in [-0.3, -0.25) is 0 Å². The maximum atomic E-state index is 12.6. The molecule has 5 nitrogen and oxygen atoms in total. The third-order valence-electron chi connectivity index (χ3n) is 3.53. The fraction of sp³-hybridized carbons (Fsp3) is 0.235. The highest BCUT2D eigenvalue weighted by Gasteiger charge is 2.24. The van der Waals surface area contributed by atoms with Gasteiger partial charge in [0.05, 0.1) is 15.5 Å². The van der Waals surface area contributed by atoms with Crippen molar-refractivity contribution in [2.24, 2.45) is 0 Å². The molecule has 2 rings (SSSR count). The Hall–Kier alpha value is -1.60. The zero-order valence-electron chi connectivity index (χ0n) is 13.7. The van der Waals surface area contributed by atoms with Gasteiger partial charge in [0.1, 0.15) is 5.75 Å². The van der Waals surface area contributed by atoms with E-state index in [1.54, 1.807) is 26.0 Å². The van der Waals surface area contributed by atoms with Crippen molar-refractivity contribution in [3.05, 3.63) is 58.1 Å². The summed E-state index contributed by atoms with van der Waals surface area (Å²) in [5.41, 5.74) is -0.0233. The number of rotatable bonds is 6. The van der Waals surface area contributed by atoms with E-state index in [1.165, 1.54) is 34.6 Å². The van der Waals surface area contributed by atoms with E-state index in [-0.39, 0.29) is 21.2 Å². The Morgan fingerprint density at radius 3 is 2.20 bits per heavy atom. The number of carbonyl (C=O) groups excluding carboxylic acids is 1. The smallest absolute Gasteiger partial charge is 0.345 e. The van der Waals surface area contributed by atoms with Crippen LogP contribution in [0.4, 0.5) is 0 Å². The summed E-state index contributed by atoms with van der Waals surface area (Å²) in [6.45, 7) is 4.14. The number of nitrogens with zero attached hydrogens (tertiary/aromatic N) is 1. The van der Waals surface area contributed by atoms with E-state index in [0.29, 0.717) is 18.1 Å². The lowest BCUT2D eigenvalue weighted by Gasteiger charge is -2.19. The Labute approximate surface area is 157 Å². The molecule has 0 fully saturated rings. The van der Waals surface area contributed by atoms with Crippen LogP contribution in [-0.2, 0) is 10.0 Å². The monoisotopic (exact) mass is 401 g/mol. The second-order valence-electron chi connectivity index (χ2n) is 5.07. The molecule has 0 aromatic heterocycles. The van der Waals surface area contributed by atoms with Crippen molar-refractivity contribution in [1.29, 1.82) is 0 Å². The molecule has 0 spiro atoms. The van der Waals surface area contributed by atoms with Crippen LogP contribution in [0.5, 0.6) is 5.75 Å². The third-order valence-corrected chi connectivity index (χ3v) is 6.15. The first-order valence-electron chi connectivity index (χ1n) is 7.57. The summed E-state index contributed by atoms with van der Waals surface area (Å²) in [5, 5.41) is 0.614. The maximum absolute atomic E-state index is 12.6. The van der Waals surface area contributed by atoms with Gasteiger partial charge in [-0.25, -0.2) is 13.2 Å². The molecular weight excluding hydrogens is 385 g/mol. The highest BCUT2D eigenvalue weighted by molar-refractivity contribution is 7.89. The van der Waals surface area contributed by atoms with Crippen molar-refractivity contribution in [3.63, 3.8) is 0 Å². The van der Waals surface area contributed by atoms with E-state index < -0.39 is 16.0 Å². The summed E-state index contributed by atoms with van der Waals surface area (Å²) in [5.74, 6) is -0.466. The van der Waals surface area contributed by atoms with E-state index >= 15 is 0 Å². The molecule has 0 atom stereocenters. The van der Waals surface area contributed by atoms with E-state index in [2.05, 4.69) is 0 Å². The van der Waals surface area contributed by atoms with Gasteiger partial charge in [0.2, 0.25) is 10.0 Å². The minimum atomic E-state index is -3.70. The van der Waals surface area contributed by atoms with E-state index in [1.807, 2.05) is 0 Å². The molecule has 2 aromatic carbocycles. The van der Waals surface area contributed by atoms with E-state index in [0.717, 1.165) is 0 Å². The molecule has 25 heavy (non-hydrogen) atoms. The van der Waals surface area contributed by atoms with Gasteiger partial charge < -0.3 is 4.74 Å². The number of hydrogen-bond acceptors (Lipinski definition) is 4. The average Bonchev–Trinajstić information content (AvgIpc) is 2.58. The maximum Gasteiger partial charge on any atom is 0.345 e. The highest BCUT2D eigenvalue weighted by Crippen LogP contribution is 2.25. The lowest BCUT2D eigenvalue weighted by Crippen LogP contribution is -2.30. The standard InChI is InChI=1S/C17H17Cl2NO4S/c1-3-20(4-2)25(22,23)14-9-10-16(19)15(11-14)17(21)24-13-7-5-12(18)6-8-13/h5-11H,3-4H2,1-2H3. The third kappa shape index (κ3) is 4.52. The molecule has 2 aromatic rings. The quantitative estimate of drug-likeness (QED) is 0.536.